The predicted molar refractivity (Wildman–Crippen MR) is 109 cm³/mol. The van der Waals surface area contributed by atoms with Crippen LogP contribution in [-0.4, -0.2) is 49.3 Å². The number of aromatic nitrogens is 4. The van der Waals surface area contributed by atoms with Crippen molar-refractivity contribution in [3.05, 3.63) is 52.2 Å². The maximum atomic E-state index is 12.7. The minimum atomic E-state index is -0.246. The van der Waals surface area contributed by atoms with Crippen LogP contribution in [0.1, 0.15) is 24.0 Å². The zero-order valence-corrected chi connectivity index (χ0v) is 17.0. The first kappa shape index (κ1) is 19.2. The Morgan fingerprint density at radius 3 is 2.76 bits per heavy atom. The van der Waals surface area contributed by atoms with E-state index < -0.39 is 0 Å². The molecule has 4 rings (SSSR count). The number of piperidine rings is 1. The summed E-state index contributed by atoms with van der Waals surface area (Å²) < 4.78 is 9.07. The van der Waals surface area contributed by atoms with Crippen molar-refractivity contribution < 1.29 is 9.53 Å². The number of carbonyl (C=O) groups excluding carboxylic acids is 1. The molecule has 8 heteroatoms. The molecule has 2 aromatic heterocycles. The van der Waals surface area contributed by atoms with Gasteiger partial charge in [-0.2, -0.15) is 5.10 Å². The number of hydrogen-bond donors (Lipinski definition) is 0. The van der Waals surface area contributed by atoms with E-state index in [9.17, 15) is 9.59 Å². The second kappa shape index (κ2) is 7.69. The van der Waals surface area contributed by atoms with Gasteiger partial charge in [-0.25, -0.2) is 4.98 Å². The van der Waals surface area contributed by atoms with Crippen LogP contribution in [0, 0.1) is 13.8 Å². The summed E-state index contributed by atoms with van der Waals surface area (Å²) in [5.74, 6) is 0.833. The molecule has 1 aliphatic rings. The van der Waals surface area contributed by atoms with Crippen LogP contribution in [0.25, 0.3) is 11.0 Å². The van der Waals surface area contributed by atoms with Crippen LogP contribution < -0.4 is 10.3 Å². The number of rotatable bonds is 4. The van der Waals surface area contributed by atoms with Gasteiger partial charge in [0, 0.05) is 33.0 Å². The summed E-state index contributed by atoms with van der Waals surface area (Å²) >= 11 is 0. The average molecular weight is 395 g/mol. The molecular weight excluding hydrogens is 370 g/mol. The van der Waals surface area contributed by atoms with Gasteiger partial charge in [-0.1, -0.05) is 12.1 Å². The van der Waals surface area contributed by atoms with Crippen molar-refractivity contribution in [1.29, 1.82) is 0 Å². The third-order valence-electron chi connectivity index (χ3n) is 5.46. The smallest absolute Gasteiger partial charge is 0.264 e. The summed E-state index contributed by atoms with van der Waals surface area (Å²) in [7, 11) is 1.73. The average Bonchev–Trinajstić information content (AvgIpc) is 3.09. The minimum absolute atomic E-state index is 0.0147. The highest BCUT2D eigenvalue weighted by molar-refractivity contribution is 5.77. The number of amides is 1. The number of aryl methyl sites for hydroxylation is 3. The first-order chi connectivity index (χ1) is 13.9. The van der Waals surface area contributed by atoms with Gasteiger partial charge in [0.2, 0.25) is 5.91 Å². The molecule has 8 nitrogen and oxygen atoms in total. The molecule has 0 N–H and O–H groups in total. The number of hydrogen-bond acceptors (Lipinski definition) is 5. The maximum Gasteiger partial charge on any atom is 0.264 e. The quantitative estimate of drug-likeness (QED) is 0.673. The Balaban J connectivity index is 1.37. The van der Waals surface area contributed by atoms with E-state index in [1.165, 1.54) is 22.7 Å². The largest absolute Gasteiger partial charge is 0.490 e. The first-order valence-corrected chi connectivity index (χ1v) is 9.81. The number of likely N-dealkylation sites (tertiary alicyclic amines) is 1. The number of carbonyl (C=O) groups is 1. The van der Waals surface area contributed by atoms with Crippen LogP contribution >= 0.6 is 0 Å². The first-order valence-electron chi connectivity index (χ1n) is 9.81. The fraction of sp³-hybridized carbons (Fsp3) is 0.429. The van der Waals surface area contributed by atoms with Crippen molar-refractivity contribution in [3.63, 3.8) is 0 Å². The lowest BCUT2D eigenvalue weighted by Crippen LogP contribution is -2.44. The molecule has 3 aromatic rings. The van der Waals surface area contributed by atoms with Crippen molar-refractivity contribution in [1.82, 2.24) is 24.2 Å². The molecule has 1 aromatic carbocycles. The van der Waals surface area contributed by atoms with Crippen molar-refractivity contribution >= 4 is 16.9 Å². The SMILES string of the molecule is Cc1ccc(C)c(OC2CCN(C(=O)Cn3cnc4c(cnn4C)c3=O)CC2)c1. The zero-order valence-electron chi connectivity index (χ0n) is 17.0. The molecule has 1 amide bonds. The van der Waals surface area contributed by atoms with E-state index in [2.05, 4.69) is 28.3 Å². The lowest BCUT2D eigenvalue weighted by Gasteiger charge is -2.32. The lowest BCUT2D eigenvalue weighted by atomic mass is 10.1. The zero-order chi connectivity index (χ0) is 20.5. The van der Waals surface area contributed by atoms with Gasteiger partial charge < -0.3 is 9.64 Å². The second-order valence-corrected chi connectivity index (χ2v) is 7.65. The van der Waals surface area contributed by atoms with E-state index >= 15 is 0 Å². The van der Waals surface area contributed by atoms with Crippen LogP contribution in [0.5, 0.6) is 5.75 Å². The number of ether oxygens (including phenoxy) is 1. The topological polar surface area (TPSA) is 82.2 Å². The molecule has 1 saturated heterocycles. The molecule has 0 atom stereocenters. The highest BCUT2D eigenvalue weighted by Gasteiger charge is 2.25. The van der Waals surface area contributed by atoms with Crippen molar-refractivity contribution in [2.24, 2.45) is 7.05 Å². The minimum Gasteiger partial charge on any atom is -0.490 e. The summed E-state index contributed by atoms with van der Waals surface area (Å²) in [5, 5.41) is 4.47. The molecule has 1 fully saturated rings. The maximum absolute atomic E-state index is 12.7. The van der Waals surface area contributed by atoms with Gasteiger partial charge in [-0.05, 0) is 31.0 Å². The van der Waals surface area contributed by atoms with Gasteiger partial charge in [0.15, 0.2) is 5.65 Å². The molecule has 0 radical (unpaired) electrons. The molecule has 0 aliphatic carbocycles. The molecule has 152 valence electrons. The number of nitrogens with zero attached hydrogens (tertiary/aromatic N) is 5. The predicted octanol–water partition coefficient (Wildman–Crippen LogP) is 1.82. The Labute approximate surface area is 168 Å². The molecule has 29 heavy (non-hydrogen) atoms. The van der Waals surface area contributed by atoms with Crippen molar-refractivity contribution in [3.8, 4) is 5.75 Å². The van der Waals surface area contributed by atoms with E-state index in [0.717, 1.165) is 24.2 Å². The van der Waals surface area contributed by atoms with Crippen molar-refractivity contribution in [2.45, 2.75) is 39.3 Å². The highest BCUT2D eigenvalue weighted by Crippen LogP contribution is 2.24. The monoisotopic (exact) mass is 395 g/mol. The summed E-state index contributed by atoms with van der Waals surface area (Å²) in [6, 6.07) is 6.19. The molecule has 0 bridgehead atoms. The molecule has 1 aliphatic heterocycles. The molecule has 3 heterocycles. The van der Waals surface area contributed by atoms with Gasteiger partial charge in [0.05, 0.1) is 6.20 Å². The second-order valence-electron chi connectivity index (χ2n) is 7.65. The molecule has 0 spiro atoms. The van der Waals surface area contributed by atoms with Crippen LogP contribution in [0.2, 0.25) is 0 Å². The number of benzene rings is 1. The summed E-state index contributed by atoms with van der Waals surface area (Å²) in [6.07, 6.45) is 4.54. The fourth-order valence-corrected chi connectivity index (χ4v) is 3.66. The van der Waals surface area contributed by atoms with Crippen LogP contribution in [0.15, 0.2) is 35.5 Å². The summed E-state index contributed by atoms with van der Waals surface area (Å²) in [6.45, 7) is 5.31. The number of fused-ring (bicyclic) bond motifs is 1. The van der Waals surface area contributed by atoms with Crippen LogP contribution in [0.3, 0.4) is 0 Å². The van der Waals surface area contributed by atoms with Gasteiger partial charge in [0.1, 0.15) is 30.1 Å². The molecule has 0 unspecified atom stereocenters. The van der Waals surface area contributed by atoms with Crippen LogP contribution in [-0.2, 0) is 18.4 Å². The Morgan fingerprint density at radius 2 is 2.00 bits per heavy atom. The summed E-state index contributed by atoms with van der Waals surface area (Å²) in [5.41, 5.74) is 2.56. The van der Waals surface area contributed by atoms with Gasteiger partial charge in [0.25, 0.3) is 5.56 Å². The molecular formula is C21H25N5O3. The lowest BCUT2D eigenvalue weighted by molar-refractivity contribution is -0.133. The summed E-state index contributed by atoms with van der Waals surface area (Å²) in [4.78, 5) is 31.3. The molecule has 0 saturated carbocycles. The van der Waals surface area contributed by atoms with E-state index in [4.69, 9.17) is 4.74 Å². The van der Waals surface area contributed by atoms with E-state index in [1.807, 2.05) is 13.8 Å². The van der Waals surface area contributed by atoms with E-state index in [1.54, 1.807) is 16.6 Å². The van der Waals surface area contributed by atoms with Gasteiger partial charge in [-0.15, -0.1) is 0 Å². The van der Waals surface area contributed by atoms with Crippen LogP contribution in [0.4, 0.5) is 0 Å². The van der Waals surface area contributed by atoms with E-state index in [-0.39, 0.29) is 24.1 Å². The van der Waals surface area contributed by atoms with Gasteiger partial charge >= 0.3 is 0 Å². The highest BCUT2D eigenvalue weighted by atomic mass is 16.5. The Hall–Kier alpha value is -3.16. The van der Waals surface area contributed by atoms with Crippen molar-refractivity contribution in [2.75, 3.05) is 13.1 Å². The third-order valence-corrected chi connectivity index (χ3v) is 5.46. The Morgan fingerprint density at radius 1 is 1.24 bits per heavy atom. The normalized spacial score (nSPS) is 15.1. The Bertz CT molecular complexity index is 1110. The Kier molecular flexibility index (Phi) is 5.08. The standard InChI is InChI=1S/C21H25N5O3/c1-14-4-5-15(2)18(10-14)29-16-6-8-25(9-7-16)19(27)12-26-13-22-20-17(21(26)28)11-23-24(20)3/h4-5,10-11,13,16H,6-9,12H2,1-3H3. The van der Waals surface area contributed by atoms with E-state index in [0.29, 0.717) is 24.1 Å². The van der Waals surface area contributed by atoms with Gasteiger partial charge in [-0.3, -0.25) is 18.8 Å². The third kappa shape index (κ3) is 3.87. The fourth-order valence-electron chi connectivity index (χ4n) is 3.66.